The molecule has 16 heavy (non-hydrogen) atoms. The summed E-state index contributed by atoms with van der Waals surface area (Å²) in [5, 5.41) is 0.866. The van der Waals surface area contributed by atoms with Gasteiger partial charge in [0, 0.05) is 11.8 Å². The first kappa shape index (κ1) is 8.20. The first-order valence-corrected chi connectivity index (χ1v) is 5.98. The van der Waals surface area contributed by atoms with Crippen molar-refractivity contribution in [1.29, 1.82) is 0 Å². The van der Waals surface area contributed by atoms with Crippen LogP contribution >= 0.6 is 0 Å². The molecule has 2 heterocycles. The molecule has 2 saturated heterocycles. The number of hydrazine groups is 1. The van der Waals surface area contributed by atoms with Crippen LogP contribution in [0.5, 0.6) is 0 Å². The highest BCUT2D eigenvalue weighted by atomic mass is 16.6. The number of nitrogens with two attached hydrogens (primary N) is 1. The van der Waals surface area contributed by atoms with Crippen LogP contribution in [-0.4, -0.2) is 29.0 Å². The zero-order valence-corrected chi connectivity index (χ0v) is 8.58. The number of hydrogen-bond acceptors (Lipinski definition) is 4. The zero-order valence-electron chi connectivity index (χ0n) is 8.58. The van der Waals surface area contributed by atoms with Gasteiger partial charge in [0.25, 0.3) is 0 Å². The summed E-state index contributed by atoms with van der Waals surface area (Å²) in [5.41, 5.74) is 0. The average Bonchev–Trinajstić information content (AvgIpc) is 3.13. The average molecular weight is 220 g/mol. The van der Waals surface area contributed by atoms with Crippen molar-refractivity contribution >= 4 is 11.8 Å². The van der Waals surface area contributed by atoms with Crippen molar-refractivity contribution in [3.63, 3.8) is 0 Å². The van der Waals surface area contributed by atoms with Crippen LogP contribution < -0.4 is 5.84 Å². The largest absolute Gasteiger partial charge is 0.369 e. The maximum absolute atomic E-state index is 12.0. The van der Waals surface area contributed by atoms with E-state index in [4.69, 9.17) is 10.6 Å². The highest BCUT2D eigenvalue weighted by Crippen LogP contribution is 2.72. The van der Waals surface area contributed by atoms with Gasteiger partial charge in [-0.05, 0) is 18.3 Å². The zero-order chi connectivity index (χ0) is 10.8. The summed E-state index contributed by atoms with van der Waals surface area (Å²) in [7, 11) is 0. The summed E-state index contributed by atoms with van der Waals surface area (Å²) < 4.78 is 5.67. The SMILES string of the molecule is NN1C(=O)[C@H]2[C@H](C1=O)[C@@H]1[C@H]3C[C@H]3[C@@H]2[C@@H]2O[C@H]21. The third-order valence-electron chi connectivity index (χ3n) is 5.46. The standard InChI is InChI=1S/C11H12N2O3/c12-13-10(14)6-4-2-1-3(2)5(7(6)11(13)15)9-8(4)16-9/h2-9H,1,12H2/t2-,3+,4-,5-,6+,7+,8-,9-/m0/s1. The molecule has 6 fully saturated rings. The van der Waals surface area contributed by atoms with E-state index >= 15 is 0 Å². The van der Waals surface area contributed by atoms with Crippen LogP contribution in [0, 0.1) is 35.5 Å². The summed E-state index contributed by atoms with van der Waals surface area (Å²) in [6, 6.07) is 0. The van der Waals surface area contributed by atoms with Crippen LogP contribution in [0.2, 0.25) is 0 Å². The summed E-state index contributed by atoms with van der Waals surface area (Å²) in [6.07, 6.45) is 1.72. The van der Waals surface area contributed by atoms with Crippen molar-refractivity contribution in [2.75, 3.05) is 0 Å². The first-order valence-electron chi connectivity index (χ1n) is 5.98. The normalized spacial score (nSPS) is 64.2. The minimum atomic E-state index is -0.163. The van der Waals surface area contributed by atoms with E-state index in [1.54, 1.807) is 0 Å². The third-order valence-corrected chi connectivity index (χ3v) is 5.46. The molecular weight excluding hydrogens is 208 g/mol. The van der Waals surface area contributed by atoms with E-state index in [9.17, 15) is 9.59 Å². The van der Waals surface area contributed by atoms with Crippen LogP contribution in [0.1, 0.15) is 6.42 Å². The van der Waals surface area contributed by atoms with E-state index in [0.717, 1.165) is 5.01 Å². The molecular formula is C11H12N2O3. The molecule has 8 atom stereocenters. The molecule has 0 unspecified atom stereocenters. The predicted molar refractivity (Wildman–Crippen MR) is 50.3 cm³/mol. The lowest BCUT2D eigenvalue weighted by Crippen LogP contribution is -2.48. The molecule has 0 radical (unpaired) electrons. The van der Waals surface area contributed by atoms with Crippen molar-refractivity contribution in [2.24, 2.45) is 41.4 Å². The second kappa shape index (κ2) is 2.07. The molecule has 2 N–H and O–H groups in total. The number of carbonyl (C=O) groups is 2. The molecule has 0 aromatic rings. The molecule has 0 spiro atoms. The Bertz CT molecular complexity index is 395. The van der Waals surface area contributed by atoms with Crippen molar-refractivity contribution in [3.05, 3.63) is 0 Å². The highest BCUT2D eigenvalue weighted by molar-refractivity contribution is 6.05. The monoisotopic (exact) mass is 220 g/mol. The molecule has 2 aliphatic heterocycles. The van der Waals surface area contributed by atoms with Crippen LogP contribution in [0.15, 0.2) is 0 Å². The Morgan fingerprint density at radius 2 is 1.56 bits per heavy atom. The van der Waals surface area contributed by atoms with Gasteiger partial charge in [-0.25, -0.2) is 10.9 Å². The number of epoxide rings is 1. The lowest BCUT2D eigenvalue weighted by molar-refractivity contribution is -0.140. The minimum absolute atomic E-state index is 0.157. The Kier molecular flexibility index (Phi) is 1.06. The quantitative estimate of drug-likeness (QED) is 0.249. The minimum Gasteiger partial charge on any atom is -0.369 e. The van der Waals surface area contributed by atoms with Gasteiger partial charge in [-0.1, -0.05) is 0 Å². The van der Waals surface area contributed by atoms with Gasteiger partial charge < -0.3 is 4.74 Å². The van der Waals surface area contributed by atoms with E-state index in [1.807, 2.05) is 0 Å². The molecule has 6 rings (SSSR count). The molecule has 0 aromatic heterocycles. The highest BCUT2D eigenvalue weighted by Gasteiger charge is 2.79. The molecule has 5 heteroatoms. The molecule has 5 nitrogen and oxygen atoms in total. The maximum Gasteiger partial charge on any atom is 0.247 e. The predicted octanol–water partition coefficient (Wildman–Crippen LogP) is -0.876. The van der Waals surface area contributed by atoms with E-state index in [1.165, 1.54) is 6.42 Å². The number of ether oxygens (including phenoxy) is 1. The number of hydrogen-bond donors (Lipinski definition) is 1. The number of imide groups is 1. The Balaban J connectivity index is 1.70. The molecule has 4 saturated carbocycles. The molecule has 84 valence electrons. The van der Waals surface area contributed by atoms with Crippen molar-refractivity contribution in [2.45, 2.75) is 18.6 Å². The van der Waals surface area contributed by atoms with E-state index in [2.05, 4.69) is 0 Å². The summed E-state index contributed by atoms with van der Waals surface area (Å²) in [5.74, 6) is 6.76. The van der Waals surface area contributed by atoms with Crippen molar-refractivity contribution < 1.29 is 14.3 Å². The summed E-state index contributed by atoms with van der Waals surface area (Å²) in [4.78, 5) is 24.0. The van der Waals surface area contributed by atoms with Gasteiger partial charge in [-0.15, -0.1) is 0 Å². The molecule has 6 aliphatic rings. The van der Waals surface area contributed by atoms with E-state index in [0.29, 0.717) is 11.8 Å². The van der Waals surface area contributed by atoms with Gasteiger partial charge in [0.15, 0.2) is 0 Å². The molecule has 2 amide bonds. The van der Waals surface area contributed by atoms with Crippen molar-refractivity contribution in [3.8, 4) is 0 Å². The van der Waals surface area contributed by atoms with Gasteiger partial charge in [0.1, 0.15) is 0 Å². The Hall–Kier alpha value is -0.940. The first-order chi connectivity index (χ1) is 7.70. The van der Waals surface area contributed by atoms with E-state index in [-0.39, 0.29) is 47.7 Å². The van der Waals surface area contributed by atoms with Crippen LogP contribution in [0.3, 0.4) is 0 Å². The Morgan fingerprint density at radius 1 is 1.06 bits per heavy atom. The number of rotatable bonds is 0. The van der Waals surface area contributed by atoms with Gasteiger partial charge in [-0.2, -0.15) is 0 Å². The third kappa shape index (κ3) is 0.627. The Morgan fingerprint density at radius 3 is 2.06 bits per heavy atom. The second-order valence-corrected chi connectivity index (χ2v) is 5.88. The fourth-order valence-electron chi connectivity index (χ4n) is 4.85. The molecule has 4 aliphatic carbocycles. The van der Waals surface area contributed by atoms with E-state index < -0.39 is 0 Å². The topological polar surface area (TPSA) is 75.9 Å². The molecule has 0 aromatic carbocycles. The van der Waals surface area contributed by atoms with Gasteiger partial charge in [-0.3, -0.25) is 9.59 Å². The second-order valence-electron chi connectivity index (χ2n) is 5.88. The number of carbonyl (C=O) groups excluding carboxylic acids is 2. The fraction of sp³-hybridized carbons (Fsp3) is 0.818. The van der Waals surface area contributed by atoms with Crippen molar-refractivity contribution in [1.82, 2.24) is 5.01 Å². The van der Waals surface area contributed by atoms with Crippen LogP contribution in [0.25, 0.3) is 0 Å². The lowest BCUT2D eigenvalue weighted by atomic mass is 9.59. The fourth-order valence-corrected chi connectivity index (χ4v) is 4.85. The number of nitrogens with zero attached hydrogens (tertiary/aromatic N) is 1. The van der Waals surface area contributed by atoms with Gasteiger partial charge in [0.05, 0.1) is 24.0 Å². The maximum atomic E-state index is 12.0. The van der Waals surface area contributed by atoms with Crippen LogP contribution in [-0.2, 0) is 14.3 Å². The smallest absolute Gasteiger partial charge is 0.247 e. The van der Waals surface area contributed by atoms with Gasteiger partial charge in [0.2, 0.25) is 11.8 Å². The summed E-state index contributed by atoms with van der Waals surface area (Å²) >= 11 is 0. The Labute approximate surface area is 91.9 Å². The molecule has 2 bridgehead atoms. The lowest BCUT2D eigenvalue weighted by Gasteiger charge is -2.39. The number of amides is 2. The van der Waals surface area contributed by atoms with Gasteiger partial charge >= 0.3 is 0 Å². The summed E-state index contributed by atoms with van der Waals surface area (Å²) in [6.45, 7) is 0. The van der Waals surface area contributed by atoms with Crippen LogP contribution in [0.4, 0.5) is 0 Å².